The van der Waals surface area contributed by atoms with Crippen molar-refractivity contribution in [1.82, 2.24) is 5.32 Å². The van der Waals surface area contributed by atoms with E-state index in [-0.39, 0.29) is 6.61 Å². The summed E-state index contributed by atoms with van der Waals surface area (Å²) in [5.41, 5.74) is 0. The highest BCUT2D eigenvalue weighted by atomic mass is 16.3. The number of nitrogens with one attached hydrogen (secondary N) is 1. The highest BCUT2D eigenvalue weighted by Gasteiger charge is 1.97. The van der Waals surface area contributed by atoms with Crippen LogP contribution in [0, 0.1) is 0 Å². The summed E-state index contributed by atoms with van der Waals surface area (Å²) >= 11 is 0. The summed E-state index contributed by atoms with van der Waals surface area (Å²) in [6.45, 7) is 7.15. The molecule has 2 heteroatoms. The largest absolute Gasteiger partial charge is 0.396 e. The SMILES string of the molecule is C=CCCCCCNC(C)CCO. The Morgan fingerprint density at radius 2 is 2.15 bits per heavy atom. The van der Waals surface area contributed by atoms with Crippen LogP contribution in [0.3, 0.4) is 0 Å². The first-order valence-electron chi connectivity index (χ1n) is 5.26. The number of aliphatic hydroxyl groups excluding tert-OH is 1. The summed E-state index contributed by atoms with van der Waals surface area (Å²) in [6, 6.07) is 0.449. The molecule has 2 nitrogen and oxygen atoms in total. The van der Waals surface area contributed by atoms with Gasteiger partial charge in [-0.2, -0.15) is 0 Å². The van der Waals surface area contributed by atoms with Gasteiger partial charge in [0.25, 0.3) is 0 Å². The van der Waals surface area contributed by atoms with Crippen molar-refractivity contribution in [2.45, 2.75) is 45.1 Å². The normalized spacial score (nSPS) is 12.8. The third kappa shape index (κ3) is 9.57. The summed E-state index contributed by atoms with van der Waals surface area (Å²) in [5, 5.41) is 12.0. The molecule has 0 aromatic heterocycles. The fourth-order valence-corrected chi connectivity index (χ4v) is 1.23. The van der Waals surface area contributed by atoms with Crippen molar-refractivity contribution in [1.29, 1.82) is 0 Å². The Morgan fingerprint density at radius 3 is 2.77 bits per heavy atom. The molecule has 2 N–H and O–H groups in total. The summed E-state index contributed by atoms with van der Waals surface area (Å²) in [4.78, 5) is 0. The van der Waals surface area contributed by atoms with E-state index in [0.717, 1.165) is 19.4 Å². The fourth-order valence-electron chi connectivity index (χ4n) is 1.23. The van der Waals surface area contributed by atoms with Crippen LogP contribution in [0.1, 0.15) is 39.0 Å². The van der Waals surface area contributed by atoms with Crippen LogP contribution >= 0.6 is 0 Å². The monoisotopic (exact) mass is 185 g/mol. The molecule has 0 saturated heterocycles. The van der Waals surface area contributed by atoms with Crippen LogP contribution in [0.4, 0.5) is 0 Å². The lowest BCUT2D eigenvalue weighted by atomic mass is 10.2. The molecule has 0 spiro atoms. The average Bonchev–Trinajstić information content (AvgIpc) is 2.11. The van der Waals surface area contributed by atoms with E-state index in [1.807, 2.05) is 6.08 Å². The van der Waals surface area contributed by atoms with E-state index >= 15 is 0 Å². The van der Waals surface area contributed by atoms with Crippen LogP contribution in [0.5, 0.6) is 0 Å². The molecule has 0 aliphatic heterocycles. The maximum absolute atomic E-state index is 8.66. The first-order valence-corrected chi connectivity index (χ1v) is 5.26. The Bertz CT molecular complexity index is 115. The highest BCUT2D eigenvalue weighted by molar-refractivity contribution is 4.66. The van der Waals surface area contributed by atoms with Gasteiger partial charge in [0.05, 0.1) is 0 Å². The Labute approximate surface area is 82.0 Å². The second-order valence-corrected chi connectivity index (χ2v) is 3.51. The summed E-state index contributed by atoms with van der Waals surface area (Å²) in [7, 11) is 0. The summed E-state index contributed by atoms with van der Waals surface area (Å²) < 4.78 is 0. The fraction of sp³-hybridized carbons (Fsp3) is 0.818. The lowest BCUT2D eigenvalue weighted by Gasteiger charge is -2.11. The third-order valence-electron chi connectivity index (χ3n) is 2.14. The van der Waals surface area contributed by atoms with E-state index in [1.165, 1.54) is 19.3 Å². The molecule has 0 rings (SSSR count). The van der Waals surface area contributed by atoms with Gasteiger partial charge in [-0.1, -0.05) is 12.5 Å². The van der Waals surface area contributed by atoms with Crippen molar-refractivity contribution in [3.05, 3.63) is 12.7 Å². The summed E-state index contributed by atoms with van der Waals surface area (Å²) in [6.07, 6.45) is 7.70. The van der Waals surface area contributed by atoms with Crippen LogP contribution in [-0.4, -0.2) is 24.3 Å². The van der Waals surface area contributed by atoms with E-state index in [4.69, 9.17) is 5.11 Å². The third-order valence-corrected chi connectivity index (χ3v) is 2.14. The van der Waals surface area contributed by atoms with E-state index < -0.39 is 0 Å². The first-order chi connectivity index (χ1) is 6.31. The van der Waals surface area contributed by atoms with Gasteiger partial charge in [0.15, 0.2) is 0 Å². The number of rotatable bonds is 9. The van der Waals surface area contributed by atoms with Gasteiger partial charge in [-0.25, -0.2) is 0 Å². The van der Waals surface area contributed by atoms with Crippen LogP contribution in [0.25, 0.3) is 0 Å². The second-order valence-electron chi connectivity index (χ2n) is 3.51. The van der Waals surface area contributed by atoms with Crippen molar-refractivity contribution in [3.8, 4) is 0 Å². The van der Waals surface area contributed by atoms with Gasteiger partial charge in [0.1, 0.15) is 0 Å². The number of aliphatic hydroxyl groups is 1. The molecule has 0 saturated carbocycles. The molecule has 1 unspecified atom stereocenters. The van der Waals surface area contributed by atoms with Gasteiger partial charge >= 0.3 is 0 Å². The van der Waals surface area contributed by atoms with Gasteiger partial charge in [-0.3, -0.25) is 0 Å². The number of hydrogen-bond acceptors (Lipinski definition) is 2. The zero-order chi connectivity index (χ0) is 9.94. The molecular weight excluding hydrogens is 162 g/mol. The highest BCUT2D eigenvalue weighted by Crippen LogP contribution is 1.99. The molecule has 0 heterocycles. The number of allylic oxidation sites excluding steroid dienone is 1. The second kappa shape index (κ2) is 9.75. The van der Waals surface area contributed by atoms with Crippen LogP contribution in [-0.2, 0) is 0 Å². The van der Waals surface area contributed by atoms with Crippen molar-refractivity contribution < 1.29 is 5.11 Å². The maximum Gasteiger partial charge on any atom is 0.0445 e. The van der Waals surface area contributed by atoms with E-state index in [9.17, 15) is 0 Å². The zero-order valence-electron chi connectivity index (χ0n) is 8.76. The minimum absolute atomic E-state index is 0.282. The van der Waals surface area contributed by atoms with E-state index in [2.05, 4.69) is 18.8 Å². The molecular formula is C11H23NO. The number of hydrogen-bond donors (Lipinski definition) is 2. The predicted molar refractivity (Wildman–Crippen MR) is 57.8 cm³/mol. The minimum Gasteiger partial charge on any atom is -0.396 e. The molecule has 0 fully saturated rings. The van der Waals surface area contributed by atoms with Crippen LogP contribution < -0.4 is 5.32 Å². The Hall–Kier alpha value is -0.340. The van der Waals surface area contributed by atoms with Gasteiger partial charge in [-0.15, -0.1) is 6.58 Å². The molecule has 0 aromatic rings. The van der Waals surface area contributed by atoms with Crippen LogP contribution in [0.2, 0.25) is 0 Å². The van der Waals surface area contributed by atoms with Gasteiger partial charge < -0.3 is 10.4 Å². The van der Waals surface area contributed by atoms with Gasteiger partial charge in [-0.05, 0) is 39.2 Å². The Balaban J connectivity index is 3.01. The standard InChI is InChI=1S/C11H23NO/c1-3-4-5-6-7-9-12-11(2)8-10-13/h3,11-13H,1,4-10H2,2H3. The molecule has 0 aliphatic carbocycles. The van der Waals surface area contributed by atoms with Crippen LogP contribution in [0.15, 0.2) is 12.7 Å². The Kier molecular flexibility index (Phi) is 9.49. The lowest BCUT2D eigenvalue weighted by Crippen LogP contribution is -2.27. The van der Waals surface area contributed by atoms with E-state index in [1.54, 1.807) is 0 Å². The molecule has 0 aliphatic rings. The van der Waals surface area contributed by atoms with E-state index in [0.29, 0.717) is 6.04 Å². The van der Waals surface area contributed by atoms with Crippen molar-refractivity contribution in [2.24, 2.45) is 0 Å². The molecule has 1 atom stereocenters. The maximum atomic E-state index is 8.66. The predicted octanol–water partition coefficient (Wildman–Crippen LogP) is 2.09. The molecule has 0 amide bonds. The quantitative estimate of drug-likeness (QED) is 0.426. The molecule has 0 aromatic carbocycles. The smallest absolute Gasteiger partial charge is 0.0445 e. The molecule has 0 radical (unpaired) electrons. The molecule has 13 heavy (non-hydrogen) atoms. The average molecular weight is 185 g/mol. The van der Waals surface area contributed by atoms with Crippen molar-refractivity contribution >= 4 is 0 Å². The summed E-state index contributed by atoms with van der Waals surface area (Å²) in [5.74, 6) is 0. The van der Waals surface area contributed by atoms with Crippen molar-refractivity contribution in [3.63, 3.8) is 0 Å². The lowest BCUT2D eigenvalue weighted by molar-refractivity contribution is 0.269. The van der Waals surface area contributed by atoms with Gasteiger partial charge in [0.2, 0.25) is 0 Å². The zero-order valence-corrected chi connectivity index (χ0v) is 8.76. The molecule has 0 bridgehead atoms. The van der Waals surface area contributed by atoms with Gasteiger partial charge in [0, 0.05) is 12.6 Å². The first kappa shape index (κ1) is 12.7. The topological polar surface area (TPSA) is 32.3 Å². The van der Waals surface area contributed by atoms with Crippen molar-refractivity contribution in [2.75, 3.05) is 13.2 Å². The minimum atomic E-state index is 0.282. The number of unbranched alkanes of at least 4 members (excludes halogenated alkanes) is 3. The molecule has 78 valence electrons. The Morgan fingerprint density at radius 1 is 1.38 bits per heavy atom.